The number of nitrogens with one attached hydrogen (secondary N) is 2. The number of hydrogen-bond donors (Lipinski definition) is 2. The first-order chi connectivity index (χ1) is 17.6. The second-order valence-electron chi connectivity index (χ2n) is 7.66. The summed E-state index contributed by atoms with van der Waals surface area (Å²) in [6.45, 7) is 0. The normalized spacial score (nSPS) is 11.2. The van der Waals surface area contributed by atoms with Gasteiger partial charge in [0.15, 0.2) is 11.0 Å². The summed E-state index contributed by atoms with van der Waals surface area (Å²) >= 11 is 1.19. The zero-order valence-corrected chi connectivity index (χ0v) is 19.6. The lowest BCUT2D eigenvalue weighted by atomic mass is 10.2. The smallest absolute Gasteiger partial charge is 0.270 e. The number of nitro groups is 1. The van der Waals surface area contributed by atoms with E-state index >= 15 is 0 Å². The van der Waals surface area contributed by atoms with Crippen molar-refractivity contribution in [2.75, 3.05) is 5.75 Å². The largest absolute Gasteiger partial charge is 0.361 e. The van der Waals surface area contributed by atoms with Gasteiger partial charge < -0.3 is 4.98 Å². The molecular formula is C25H19N7O3S. The molecule has 0 bridgehead atoms. The number of para-hydroxylation sites is 2. The van der Waals surface area contributed by atoms with Gasteiger partial charge in [0, 0.05) is 46.0 Å². The number of rotatable bonds is 8. The van der Waals surface area contributed by atoms with E-state index in [0.29, 0.717) is 16.5 Å². The number of aromatic amines is 1. The molecule has 0 spiro atoms. The number of aromatic nitrogens is 4. The third kappa shape index (κ3) is 4.86. The van der Waals surface area contributed by atoms with Crippen LogP contribution in [0.2, 0.25) is 0 Å². The maximum atomic E-state index is 12.5. The van der Waals surface area contributed by atoms with E-state index in [9.17, 15) is 14.9 Å². The van der Waals surface area contributed by atoms with E-state index in [0.717, 1.165) is 22.2 Å². The molecule has 0 saturated carbocycles. The Labute approximate surface area is 209 Å². The maximum absolute atomic E-state index is 12.5. The SMILES string of the molecule is O=C(CSc1nnc(-c2cccc([N+](=O)[O-])c2)n1-c1ccccc1)N/N=C/c1c[nH]c2ccccc12. The van der Waals surface area contributed by atoms with E-state index in [2.05, 4.69) is 25.7 Å². The Kier molecular flexibility index (Phi) is 6.54. The van der Waals surface area contributed by atoms with E-state index < -0.39 is 4.92 Å². The van der Waals surface area contributed by atoms with Crippen LogP contribution in [-0.4, -0.2) is 42.5 Å². The van der Waals surface area contributed by atoms with Gasteiger partial charge in [-0.3, -0.25) is 19.5 Å². The number of hydrogen-bond acceptors (Lipinski definition) is 7. The standard InChI is InChI=1S/C25H19N7O3S/c33-23(28-27-15-18-14-26-22-12-5-4-11-21(18)22)16-36-25-30-29-24(31(25)19-8-2-1-3-9-19)17-7-6-10-20(13-17)32(34)35/h1-15,26H,16H2,(H,28,33)/b27-15+. The number of non-ortho nitro benzene ring substituents is 1. The Morgan fingerprint density at radius 1 is 1.08 bits per heavy atom. The van der Waals surface area contributed by atoms with Crippen molar-refractivity contribution in [1.29, 1.82) is 0 Å². The molecule has 5 aromatic rings. The highest BCUT2D eigenvalue weighted by atomic mass is 32.2. The van der Waals surface area contributed by atoms with Crippen molar-refractivity contribution in [3.05, 3.63) is 101 Å². The van der Waals surface area contributed by atoms with Crippen LogP contribution in [0.4, 0.5) is 5.69 Å². The molecule has 5 rings (SSSR count). The van der Waals surface area contributed by atoms with Crippen LogP contribution in [0.15, 0.2) is 95.3 Å². The molecule has 0 aliphatic carbocycles. The monoisotopic (exact) mass is 497 g/mol. The van der Waals surface area contributed by atoms with Crippen LogP contribution in [0.5, 0.6) is 0 Å². The molecule has 0 aliphatic heterocycles. The lowest BCUT2D eigenvalue weighted by molar-refractivity contribution is -0.384. The van der Waals surface area contributed by atoms with Gasteiger partial charge in [0.25, 0.3) is 11.6 Å². The quantitative estimate of drug-likeness (QED) is 0.140. The summed E-state index contributed by atoms with van der Waals surface area (Å²) in [5.41, 5.74) is 5.65. The lowest BCUT2D eigenvalue weighted by Crippen LogP contribution is -2.20. The van der Waals surface area contributed by atoms with Gasteiger partial charge in [0.05, 0.1) is 16.9 Å². The van der Waals surface area contributed by atoms with Gasteiger partial charge in [0.1, 0.15) is 0 Å². The Morgan fingerprint density at radius 3 is 2.72 bits per heavy atom. The highest BCUT2D eigenvalue weighted by Gasteiger charge is 2.19. The summed E-state index contributed by atoms with van der Waals surface area (Å²) < 4.78 is 1.77. The van der Waals surface area contributed by atoms with Crippen molar-refractivity contribution >= 4 is 40.5 Å². The molecule has 178 valence electrons. The van der Waals surface area contributed by atoms with E-state index in [4.69, 9.17) is 0 Å². The van der Waals surface area contributed by atoms with Crippen LogP contribution >= 0.6 is 11.8 Å². The van der Waals surface area contributed by atoms with Crippen LogP contribution in [0.25, 0.3) is 28.0 Å². The number of fused-ring (bicyclic) bond motifs is 1. The minimum atomic E-state index is -0.455. The molecule has 0 atom stereocenters. The second kappa shape index (κ2) is 10.2. The summed E-state index contributed by atoms with van der Waals surface area (Å²) in [5, 5.41) is 25.3. The zero-order valence-electron chi connectivity index (χ0n) is 18.7. The van der Waals surface area contributed by atoms with Gasteiger partial charge in [-0.25, -0.2) is 5.43 Å². The average molecular weight is 498 g/mol. The predicted octanol–water partition coefficient (Wildman–Crippen LogP) is 4.57. The van der Waals surface area contributed by atoms with Gasteiger partial charge in [-0.2, -0.15) is 5.10 Å². The summed E-state index contributed by atoms with van der Waals surface area (Å²) in [7, 11) is 0. The summed E-state index contributed by atoms with van der Waals surface area (Å²) in [5.74, 6) is 0.172. The first-order valence-corrected chi connectivity index (χ1v) is 11.9. The Hall–Kier alpha value is -4.77. The first-order valence-electron chi connectivity index (χ1n) is 10.9. The van der Waals surface area contributed by atoms with E-state index in [1.807, 2.05) is 60.8 Å². The number of H-pyrrole nitrogens is 1. The number of carbonyl (C=O) groups excluding carboxylic acids is 1. The van der Waals surface area contributed by atoms with Gasteiger partial charge in [-0.15, -0.1) is 10.2 Å². The van der Waals surface area contributed by atoms with Gasteiger partial charge in [-0.1, -0.05) is 60.3 Å². The minimum absolute atomic E-state index is 0.0447. The predicted molar refractivity (Wildman–Crippen MR) is 138 cm³/mol. The molecule has 10 nitrogen and oxygen atoms in total. The van der Waals surface area contributed by atoms with Crippen LogP contribution < -0.4 is 5.43 Å². The Morgan fingerprint density at radius 2 is 1.89 bits per heavy atom. The molecule has 3 aromatic carbocycles. The number of hydrazone groups is 1. The van der Waals surface area contributed by atoms with Crippen molar-refractivity contribution in [3.63, 3.8) is 0 Å². The molecule has 0 unspecified atom stereocenters. The number of benzene rings is 3. The van der Waals surface area contributed by atoms with Crippen LogP contribution in [0.3, 0.4) is 0 Å². The number of amides is 1. The van der Waals surface area contributed by atoms with E-state index in [1.54, 1.807) is 22.9 Å². The first kappa shape index (κ1) is 23.0. The Balaban J connectivity index is 1.34. The lowest BCUT2D eigenvalue weighted by Gasteiger charge is -2.10. The van der Waals surface area contributed by atoms with Crippen LogP contribution in [0.1, 0.15) is 5.56 Å². The molecule has 11 heteroatoms. The van der Waals surface area contributed by atoms with Crippen molar-refractivity contribution in [2.45, 2.75) is 5.16 Å². The molecule has 1 amide bonds. The highest BCUT2D eigenvalue weighted by Crippen LogP contribution is 2.29. The summed E-state index contributed by atoms with van der Waals surface area (Å²) in [6.07, 6.45) is 3.42. The van der Waals surface area contributed by atoms with E-state index in [1.165, 1.54) is 23.9 Å². The average Bonchev–Trinajstić information content (AvgIpc) is 3.52. The fourth-order valence-electron chi connectivity index (χ4n) is 3.66. The Bertz CT molecular complexity index is 1580. The van der Waals surface area contributed by atoms with Crippen molar-refractivity contribution in [1.82, 2.24) is 25.2 Å². The highest BCUT2D eigenvalue weighted by molar-refractivity contribution is 7.99. The zero-order chi connectivity index (χ0) is 24.9. The minimum Gasteiger partial charge on any atom is -0.361 e. The number of nitro benzene ring substituents is 1. The number of thioether (sulfide) groups is 1. The topological polar surface area (TPSA) is 131 Å². The molecule has 2 aromatic heterocycles. The fraction of sp³-hybridized carbons (Fsp3) is 0.0400. The third-order valence-electron chi connectivity index (χ3n) is 5.31. The molecule has 2 N–H and O–H groups in total. The molecule has 36 heavy (non-hydrogen) atoms. The van der Waals surface area contributed by atoms with E-state index in [-0.39, 0.29) is 17.3 Å². The number of nitrogens with zero attached hydrogens (tertiary/aromatic N) is 5. The van der Waals surface area contributed by atoms with Crippen molar-refractivity contribution in [3.8, 4) is 17.1 Å². The molecular weight excluding hydrogens is 478 g/mol. The maximum Gasteiger partial charge on any atom is 0.270 e. The number of carbonyl (C=O) groups is 1. The molecule has 0 radical (unpaired) electrons. The van der Waals surface area contributed by atoms with Gasteiger partial charge >= 0.3 is 0 Å². The van der Waals surface area contributed by atoms with Crippen LogP contribution in [0, 0.1) is 10.1 Å². The van der Waals surface area contributed by atoms with Crippen molar-refractivity contribution < 1.29 is 9.72 Å². The summed E-state index contributed by atoms with van der Waals surface area (Å²) in [4.78, 5) is 26.4. The molecule has 0 saturated heterocycles. The molecule has 2 heterocycles. The van der Waals surface area contributed by atoms with Gasteiger partial charge in [0.2, 0.25) is 0 Å². The molecule has 0 aliphatic rings. The molecule has 0 fully saturated rings. The van der Waals surface area contributed by atoms with Gasteiger partial charge in [-0.05, 0) is 18.2 Å². The summed E-state index contributed by atoms with van der Waals surface area (Å²) in [6, 6.07) is 23.4. The third-order valence-corrected chi connectivity index (χ3v) is 6.24. The van der Waals surface area contributed by atoms with Crippen molar-refractivity contribution in [2.24, 2.45) is 5.10 Å². The van der Waals surface area contributed by atoms with Crippen LogP contribution in [-0.2, 0) is 4.79 Å². The second-order valence-corrected chi connectivity index (χ2v) is 8.60. The fourth-order valence-corrected chi connectivity index (χ4v) is 4.40.